The normalized spacial score (nSPS) is 15.0. The molecule has 10 nitrogen and oxygen atoms in total. The third-order valence-electron chi connectivity index (χ3n) is 5.14. The molecule has 3 aromatic rings. The van der Waals surface area contributed by atoms with E-state index in [0.717, 1.165) is 37.4 Å². The molecule has 0 radical (unpaired) electrons. The van der Waals surface area contributed by atoms with Crippen LogP contribution in [0.1, 0.15) is 12.8 Å². The minimum atomic E-state index is 0.172. The first kappa shape index (κ1) is 20.0. The van der Waals surface area contributed by atoms with E-state index in [0.29, 0.717) is 23.7 Å². The van der Waals surface area contributed by atoms with Crippen molar-refractivity contribution in [3.63, 3.8) is 0 Å². The number of carbonyl (C=O) groups is 1. The van der Waals surface area contributed by atoms with Crippen molar-refractivity contribution in [3.8, 4) is 11.4 Å². The van der Waals surface area contributed by atoms with Gasteiger partial charge in [-0.2, -0.15) is 9.67 Å². The van der Waals surface area contributed by atoms with Gasteiger partial charge in [-0.15, -0.1) is 5.10 Å². The van der Waals surface area contributed by atoms with Gasteiger partial charge in [0.1, 0.15) is 5.75 Å². The molecule has 1 aliphatic heterocycles. The Labute approximate surface area is 174 Å². The van der Waals surface area contributed by atoms with Gasteiger partial charge in [-0.3, -0.25) is 4.79 Å². The lowest BCUT2D eigenvalue weighted by molar-refractivity contribution is -0.132. The van der Waals surface area contributed by atoms with Crippen LogP contribution in [0.2, 0.25) is 0 Å². The molecular formula is C20H26N8O2. The number of likely N-dealkylation sites (N-methyl/N-ethyl adjacent to an activating group) is 1. The van der Waals surface area contributed by atoms with Gasteiger partial charge < -0.3 is 19.9 Å². The van der Waals surface area contributed by atoms with Crippen LogP contribution in [-0.4, -0.2) is 87.6 Å². The van der Waals surface area contributed by atoms with Crippen LogP contribution >= 0.6 is 0 Å². The van der Waals surface area contributed by atoms with Gasteiger partial charge in [-0.25, -0.2) is 4.98 Å². The number of carbonyl (C=O) groups excluding carboxylic acids is 1. The van der Waals surface area contributed by atoms with E-state index in [1.165, 1.54) is 0 Å². The summed E-state index contributed by atoms with van der Waals surface area (Å²) in [6.45, 7) is 1.91. The molecule has 10 heteroatoms. The van der Waals surface area contributed by atoms with Crippen molar-refractivity contribution in [1.82, 2.24) is 34.8 Å². The second-order valence-electron chi connectivity index (χ2n) is 7.64. The van der Waals surface area contributed by atoms with E-state index in [9.17, 15) is 4.79 Å². The molecule has 1 aliphatic rings. The largest absolute Gasteiger partial charge is 0.497 e. The SMILES string of the molecule is COc1ccc(-n2nnc3cnc(NC4CCN(C(=O)CN(C)C)CC4)nc32)cc1. The summed E-state index contributed by atoms with van der Waals surface area (Å²) in [6, 6.07) is 7.77. The molecule has 0 saturated carbocycles. The van der Waals surface area contributed by atoms with Gasteiger partial charge in [-0.1, -0.05) is 5.21 Å². The molecule has 1 N–H and O–H groups in total. The number of piperidine rings is 1. The summed E-state index contributed by atoms with van der Waals surface area (Å²) >= 11 is 0. The zero-order valence-electron chi connectivity index (χ0n) is 17.4. The van der Waals surface area contributed by atoms with Gasteiger partial charge in [-0.05, 0) is 51.2 Å². The number of likely N-dealkylation sites (tertiary alicyclic amines) is 1. The number of hydrogen-bond acceptors (Lipinski definition) is 8. The number of hydrogen-bond donors (Lipinski definition) is 1. The van der Waals surface area contributed by atoms with Crippen molar-refractivity contribution in [2.24, 2.45) is 0 Å². The number of aromatic nitrogens is 5. The second-order valence-corrected chi connectivity index (χ2v) is 7.64. The topological polar surface area (TPSA) is 101 Å². The predicted octanol–water partition coefficient (Wildman–Crippen LogP) is 1.18. The van der Waals surface area contributed by atoms with Crippen molar-refractivity contribution in [2.45, 2.75) is 18.9 Å². The molecule has 2 aromatic heterocycles. The number of anilines is 1. The maximum Gasteiger partial charge on any atom is 0.236 e. The fourth-order valence-corrected chi connectivity index (χ4v) is 3.52. The number of methoxy groups -OCH3 is 1. The van der Waals surface area contributed by atoms with E-state index in [4.69, 9.17) is 4.74 Å². The number of nitrogens with one attached hydrogen (secondary N) is 1. The highest BCUT2D eigenvalue weighted by molar-refractivity contribution is 5.78. The summed E-state index contributed by atoms with van der Waals surface area (Å²) < 4.78 is 6.90. The highest BCUT2D eigenvalue weighted by atomic mass is 16.5. The molecule has 0 unspecified atom stereocenters. The molecule has 1 fully saturated rings. The van der Waals surface area contributed by atoms with Crippen molar-refractivity contribution in [3.05, 3.63) is 30.5 Å². The van der Waals surface area contributed by atoms with Crippen LogP contribution in [0.15, 0.2) is 30.5 Å². The first-order valence-electron chi connectivity index (χ1n) is 9.95. The van der Waals surface area contributed by atoms with Gasteiger partial charge in [0.2, 0.25) is 11.9 Å². The van der Waals surface area contributed by atoms with Crippen molar-refractivity contribution in [1.29, 1.82) is 0 Å². The average Bonchev–Trinajstić information content (AvgIpc) is 3.17. The maximum atomic E-state index is 12.2. The van der Waals surface area contributed by atoms with Crippen LogP contribution in [0.5, 0.6) is 5.75 Å². The first-order valence-corrected chi connectivity index (χ1v) is 9.95. The molecule has 0 bridgehead atoms. The Morgan fingerprint density at radius 3 is 2.63 bits per heavy atom. The van der Waals surface area contributed by atoms with Gasteiger partial charge in [0, 0.05) is 19.1 Å². The Morgan fingerprint density at radius 1 is 1.23 bits per heavy atom. The zero-order chi connectivity index (χ0) is 21.1. The number of benzene rings is 1. The fraction of sp³-hybridized carbons (Fsp3) is 0.450. The van der Waals surface area contributed by atoms with Crippen LogP contribution in [-0.2, 0) is 4.79 Å². The predicted molar refractivity (Wildman–Crippen MR) is 113 cm³/mol. The number of ether oxygens (including phenoxy) is 1. The van der Waals surface area contributed by atoms with Gasteiger partial charge >= 0.3 is 0 Å². The van der Waals surface area contributed by atoms with E-state index in [2.05, 4.69) is 25.6 Å². The van der Waals surface area contributed by atoms with Crippen molar-refractivity contribution >= 4 is 23.0 Å². The van der Waals surface area contributed by atoms with E-state index < -0.39 is 0 Å². The average molecular weight is 410 g/mol. The molecule has 1 saturated heterocycles. The Morgan fingerprint density at radius 2 is 1.97 bits per heavy atom. The molecule has 1 amide bonds. The minimum absolute atomic E-state index is 0.172. The van der Waals surface area contributed by atoms with E-state index in [1.54, 1.807) is 18.0 Å². The lowest BCUT2D eigenvalue weighted by atomic mass is 10.1. The van der Waals surface area contributed by atoms with Gasteiger partial charge in [0.25, 0.3) is 0 Å². The van der Waals surface area contributed by atoms with E-state index in [1.807, 2.05) is 48.2 Å². The molecule has 0 atom stereocenters. The van der Waals surface area contributed by atoms with Gasteiger partial charge in [0.05, 0.1) is 25.5 Å². The molecule has 30 heavy (non-hydrogen) atoms. The lowest BCUT2D eigenvalue weighted by Gasteiger charge is -2.33. The minimum Gasteiger partial charge on any atom is -0.497 e. The third kappa shape index (κ3) is 4.33. The smallest absolute Gasteiger partial charge is 0.236 e. The van der Waals surface area contributed by atoms with Gasteiger partial charge in [0.15, 0.2) is 11.2 Å². The zero-order valence-corrected chi connectivity index (χ0v) is 17.4. The van der Waals surface area contributed by atoms with Crippen molar-refractivity contribution in [2.75, 3.05) is 46.2 Å². The summed E-state index contributed by atoms with van der Waals surface area (Å²) in [7, 11) is 5.45. The number of amides is 1. The monoisotopic (exact) mass is 410 g/mol. The van der Waals surface area contributed by atoms with Crippen LogP contribution in [0.25, 0.3) is 16.9 Å². The molecule has 4 rings (SSSR count). The molecule has 0 spiro atoms. The van der Waals surface area contributed by atoms with Crippen LogP contribution in [0.3, 0.4) is 0 Å². The third-order valence-corrected chi connectivity index (χ3v) is 5.14. The lowest BCUT2D eigenvalue weighted by Crippen LogP contribution is -2.45. The summed E-state index contributed by atoms with van der Waals surface area (Å²) in [6.07, 6.45) is 3.39. The Balaban J connectivity index is 1.45. The van der Waals surface area contributed by atoms with Crippen LogP contribution < -0.4 is 10.1 Å². The standard InChI is InChI=1S/C20H26N8O2/c1-26(2)13-18(29)27-10-8-14(9-11-27)22-20-21-12-17-19(23-20)28(25-24-17)15-4-6-16(30-3)7-5-15/h4-7,12,14H,8-11,13H2,1-3H3,(H,21,22,23). The first-order chi connectivity index (χ1) is 14.5. The molecule has 158 valence electrons. The maximum absolute atomic E-state index is 12.2. The van der Waals surface area contributed by atoms with E-state index >= 15 is 0 Å². The quantitative estimate of drug-likeness (QED) is 0.647. The van der Waals surface area contributed by atoms with Crippen LogP contribution in [0.4, 0.5) is 5.95 Å². The summed E-state index contributed by atoms with van der Waals surface area (Å²) in [5.41, 5.74) is 2.10. The fourth-order valence-electron chi connectivity index (χ4n) is 3.52. The Kier molecular flexibility index (Phi) is 5.75. The highest BCUT2D eigenvalue weighted by Crippen LogP contribution is 2.20. The molecular weight excluding hydrogens is 384 g/mol. The highest BCUT2D eigenvalue weighted by Gasteiger charge is 2.23. The Bertz CT molecular complexity index is 1010. The number of fused-ring (bicyclic) bond motifs is 1. The second kappa shape index (κ2) is 8.62. The summed E-state index contributed by atoms with van der Waals surface area (Å²) in [5, 5.41) is 11.8. The summed E-state index contributed by atoms with van der Waals surface area (Å²) in [4.78, 5) is 25.1. The molecule has 1 aromatic carbocycles. The van der Waals surface area contributed by atoms with Crippen LogP contribution in [0, 0.1) is 0 Å². The Hall–Kier alpha value is -3.27. The van der Waals surface area contributed by atoms with E-state index in [-0.39, 0.29) is 11.9 Å². The number of rotatable bonds is 6. The molecule has 0 aliphatic carbocycles. The van der Waals surface area contributed by atoms with Crippen molar-refractivity contribution < 1.29 is 9.53 Å². The summed E-state index contributed by atoms with van der Waals surface area (Å²) in [5.74, 6) is 1.48. The molecule has 3 heterocycles. The number of nitrogens with zero attached hydrogens (tertiary/aromatic N) is 7.